The molecular formula is C17H22N6. The molecule has 1 saturated heterocycles. The van der Waals surface area contributed by atoms with Crippen LogP contribution in [-0.2, 0) is 13.6 Å². The molecule has 1 unspecified atom stereocenters. The van der Waals surface area contributed by atoms with Crippen LogP contribution in [0.4, 0.5) is 0 Å². The van der Waals surface area contributed by atoms with Crippen LogP contribution in [0.25, 0.3) is 5.65 Å². The first-order chi connectivity index (χ1) is 11.2. The maximum absolute atomic E-state index is 4.76. The van der Waals surface area contributed by atoms with E-state index in [2.05, 4.69) is 62.7 Å². The van der Waals surface area contributed by atoms with E-state index >= 15 is 0 Å². The summed E-state index contributed by atoms with van der Waals surface area (Å²) < 4.78 is 4.22. The van der Waals surface area contributed by atoms with E-state index in [1.807, 2.05) is 12.4 Å². The van der Waals surface area contributed by atoms with Gasteiger partial charge in [-0.25, -0.2) is 9.97 Å². The average Bonchev–Trinajstić information content (AvgIpc) is 3.13. The van der Waals surface area contributed by atoms with Crippen molar-refractivity contribution in [3.63, 3.8) is 0 Å². The standard InChI is InChI=1S/C17H22N6/c1-13-3-4-16-20-14(12-23(16)10-13)11-22-8-5-18-9-15(22)17-19-6-7-21(17)2/h3-4,6-7,10,12,15,18H,5,8-9,11H2,1-2H3. The molecule has 4 rings (SSSR count). The minimum absolute atomic E-state index is 0.287. The van der Waals surface area contributed by atoms with Crippen LogP contribution < -0.4 is 5.32 Å². The summed E-state index contributed by atoms with van der Waals surface area (Å²) in [6.07, 6.45) is 8.14. The lowest BCUT2D eigenvalue weighted by Crippen LogP contribution is -2.46. The van der Waals surface area contributed by atoms with Crippen molar-refractivity contribution in [3.8, 4) is 0 Å². The van der Waals surface area contributed by atoms with Crippen LogP contribution in [0.1, 0.15) is 23.1 Å². The molecule has 0 radical (unpaired) electrons. The Labute approximate surface area is 135 Å². The lowest BCUT2D eigenvalue weighted by molar-refractivity contribution is 0.143. The molecule has 1 fully saturated rings. The Hall–Kier alpha value is -2.18. The molecule has 3 aromatic heterocycles. The summed E-state index contributed by atoms with van der Waals surface area (Å²) in [4.78, 5) is 11.8. The van der Waals surface area contributed by atoms with Gasteiger partial charge < -0.3 is 14.3 Å². The van der Waals surface area contributed by atoms with Gasteiger partial charge in [0, 0.05) is 58.0 Å². The Balaban J connectivity index is 1.60. The van der Waals surface area contributed by atoms with Crippen molar-refractivity contribution in [1.82, 2.24) is 29.2 Å². The number of fused-ring (bicyclic) bond motifs is 1. The predicted octanol–water partition coefficient (Wildman–Crippen LogP) is 1.52. The van der Waals surface area contributed by atoms with Gasteiger partial charge in [0.1, 0.15) is 11.5 Å². The number of hydrogen-bond acceptors (Lipinski definition) is 4. The first kappa shape index (κ1) is 14.4. The van der Waals surface area contributed by atoms with Gasteiger partial charge in [0.05, 0.1) is 11.7 Å². The van der Waals surface area contributed by atoms with Crippen LogP contribution in [0.5, 0.6) is 0 Å². The van der Waals surface area contributed by atoms with Crippen molar-refractivity contribution >= 4 is 5.65 Å². The molecule has 0 bridgehead atoms. The topological polar surface area (TPSA) is 50.4 Å². The highest BCUT2D eigenvalue weighted by Gasteiger charge is 2.27. The third-order valence-electron chi connectivity index (χ3n) is 4.52. The second kappa shape index (κ2) is 5.79. The van der Waals surface area contributed by atoms with Crippen molar-refractivity contribution in [3.05, 3.63) is 54.0 Å². The largest absolute Gasteiger partial charge is 0.337 e. The molecule has 0 aromatic carbocycles. The molecule has 0 amide bonds. The van der Waals surface area contributed by atoms with Gasteiger partial charge in [-0.1, -0.05) is 6.07 Å². The Morgan fingerprint density at radius 3 is 3.04 bits per heavy atom. The highest BCUT2D eigenvalue weighted by Crippen LogP contribution is 2.22. The number of pyridine rings is 1. The molecule has 0 spiro atoms. The number of aromatic nitrogens is 4. The van der Waals surface area contributed by atoms with Crippen LogP contribution in [0.15, 0.2) is 36.9 Å². The zero-order valence-corrected chi connectivity index (χ0v) is 13.6. The van der Waals surface area contributed by atoms with Gasteiger partial charge in [-0.15, -0.1) is 0 Å². The van der Waals surface area contributed by atoms with Gasteiger partial charge in [0.25, 0.3) is 0 Å². The van der Waals surface area contributed by atoms with Crippen LogP contribution in [0.3, 0.4) is 0 Å². The summed E-state index contributed by atoms with van der Waals surface area (Å²) in [6, 6.07) is 4.47. The summed E-state index contributed by atoms with van der Waals surface area (Å²) in [6.45, 7) is 5.89. The molecule has 0 aliphatic carbocycles. The summed E-state index contributed by atoms with van der Waals surface area (Å²) in [5, 5.41) is 3.48. The van der Waals surface area contributed by atoms with Crippen molar-refractivity contribution in [2.75, 3.05) is 19.6 Å². The SMILES string of the molecule is Cc1ccc2nc(CN3CCNCC3c3nccn3C)cn2c1. The monoisotopic (exact) mass is 310 g/mol. The number of nitrogens with one attached hydrogen (secondary N) is 1. The van der Waals surface area contributed by atoms with Crippen molar-refractivity contribution in [1.29, 1.82) is 0 Å². The highest BCUT2D eigenvalue weighted by atomic mass is 15.3. The molecule has 3 aromatic rings. The van der Waals surface area contributed by atoms with Gasteiger partial charge in [0.15, 0.2) is 0 Å². The van der Waals surface area contributed by atoms with Gasteiger partial charge >= 0.3 is 0 Å². The Bertz CT molecular complexity index is 817. The Kier molecular flexibility index (Phi) is 3.63. The third-order valence-corrected chi connectivity index (χ3v) is 4.52. The smallest absolute Gasteiger partial charge is 0.137 e. The fourth-order valence-corrected chi connectivity index (χ4v) is 3.33. The maximum Gasteiger partial charge on any atom is 0.137 e. The van der Waals surface area contributed by atoms with Crippen LogP contribution in [-0.4, -0.2) is 43.5 Å². The van der Waals surface area contributed by atoms with Crippen molar-refractivity contribution in [2.45, 2.75) is 19.5 Å². The molecule has 1 aliphatic heterocycles. The van der Waals surface area contributed by atoms with E-state index in [1.54, 1.807) is 0 Å². The minimum atomic E-state index is 0.287. The van der Waals surface area contributed by atoms with E-state index in [-0.39, 0.29) is 6.04 Å². The van der Waals surface area contributed by atoms with E-state index in [0.717, 1.165) is 43.3 Å². The van der Waals surface area contributed by atoms with E-state index in [1.165, 1.54) is 5.56 Å². The number of aryl methyl sites for hydroxylation is 2. The fraction of sp³-hybridized carbons (Fsp3) is 0.412. The zero-order chi connectivity index (χ0) is 15.8. The van der Waals surface area contributed by atoms with E-state index in [4.69, 9.17) is 4.98 Å². The number of imidazole rings is 2. The van der Waals surface area contributed by atoms with Crippen LogP contribution in [0, 0.1) is 6.92 Å². The summed E-state index contributed by atoms with van der Waals surface area (Å²) in [7, 11) is 2.06. The van der Waals surface area contributed by atoms with Gasteiger partial charge in [0.2, 0.25) is 0 Å². The lowest BCUT2D eigenvalue weighted by atomic mass is 10.1. The molecule has 1 aliphatic rings. The second-order valence-corrected chi connectivity index (χ2v) is 6.29. The highest BCUT2D eigenvalue weighted by molar-refractivity contribution is 5.41. The fourth-order valence-electron chi connectivity index (χ4n) is 3.33. The normalized spacial score (nSPS) is 19.5. The first-order valence-electron chi connectivity index (χ1n) is 8.07. The summed E-state index contributed by atoms with van der Waals surface area (Å²) in [5.41, 5.74) is 3.36. The van der Waals surface area contributed by atoms with Crippen LogP contribution in [0.2, 0.25) is 0 Å². The predicted molar refractivity (Wildman–Crippen MR) is 89.2 cm³/mol. The number of hydrogen-bond donors (Lipinski definition) is 1. The molecule has 1 N–H and O–H groups in total. The molecule has 4 heterocycles. The van der Waals surface area contributed by atoms with Gasteiger partial charge in [-0.05, 0) is 18.6 Å². The Morgan fingerprint density at radius 2 is 2.22 bits per heavy atom. The first-order valence-corrected chi connectivity index (χ1v) is 8.07. The Morgan fingerprint density at radius 1 is 1.30 bits per heavy atom. The zero-order valence-electron chi connectivity index (χ0n) is 13.6. The van der Waals surface area contributed by atoms with E-state index < -0.39 is 0 Å². The molecule has 6 nitrogen and oxygen atoms in total. The van der Waals surface area contributed by atoms with Crippen molar-refractivity contribution in [2.24, 2.45) is 7.05 Å². The summed E-state index contributed by atoms with van der Waals surface area (Å²) >= 11 is 0. The molecule has 1 atom stereocenters. The van der Waals surface area contributed by atoms with Gasteiger partial charge in [-0.3, -0.25) is 4.90 Å². The average molecular weight is 310 g/mol. The van der Waals surface area contributed by atoms with Gasteiger partial charge in [-0.2, -0.15) is 0 Å². The lowest BCUT2D eigenvalue weighted by Gasteiger charge is -2.35. The molecule has 120 valence electrons. The number of rotatable bonds is 3. The molecule has 6 heteroatoms. The van der Waals surface area contributed by atoms with Crippen LogP contribution >= 0.6 is 0 Å². The molecule has 0 saturated carbocycles. The number of piperazine rings is 1. The molecule has 23 heavy (non-hydrogen) atoms. The second-order valence-electron chi connectivity index (χ2n) is 6.29. The maximum atomic E-state index is 4.76. The quantitative estimate of drug-likeness (QED) is 0.797. The van der Waals surface area contributed by atoms with E-state index in [0.29, 0.717) is 0 Å². The van der Waals surface area contributed by atoms with Crippen molar-refractivity contribution < 1.29 is 0 Å². The number of nitrogens with zero attached hydrogens (tertiary/aromatic N) is 5. The third kappa shape index (κ3) is 2.75. The summed E-state index contributed by atoms with van der Waals surface area (Å²) in [5.74, 6) is 1.11. The minimum Gasteiger partial charge on any atom is -0.337 e. The van der Waals surface area contributed by atoms with E-state index in [9.17, 15) is 0 Å². The molecular weight excluding hydrogens is 288 g/mol.